The van der Waals surface area contributed by atoms with E-state index in [0.29, 0.717) is 48.0 Å². The number of hydrogen-bond donors (Lipinski definition) is 0. The first-order valence-corrected chi connectivity index (χ1v) is 10.8. The fourth-order valence-electron chi connectivity index (χ4n) is 1.82. The van der Waals surface area contributed by atoms with Crippen molar-refractivity contribution in [3.8, 4) is 11.5 Å². The van der Waals surface area contributed by atoms with Crippen molar-refractivity contribution in [2.24, 2.45) is 0 Å². The van der Waals surface area contributed by atoms with Gasteiger partial charge >= 0.3 is 0 Å². The Labute approximate surface area is 190 Å². The lowest BCUT2D eigenvalue weighted by Gasteiger charge is -2.12. The van der Waals surface area contributed by atoms with E-state index in [0.717, 1.165) is 22.7 Å². The Balaban J connectivity index is 2.30. The number of hydrogen-bond acceptors (Lipinski definition) is 3. The van der Waals surface area contributed by atoms with Gasteiger partial charge in [0.25, 0.3) is 0 Å². The summed E-state index contributed by atoms with van der Waals surface area (Å²) in [6.45, 7) is 1.96. The Morgan fingerprint density at radius 3 is 2.15 bits per heavy atom. The third-order valence-corrected chi connectivity index (χ3v) is 4.51. The van der Waals surface area contributed by atoms with Crippen LogP contribution in [-0.2, 0) is 4.74 Å². The summed E-state index contributed by atoms with van der Waals surface area (Å²) >= 11 is 29.9. The molecule has 146 valence electrons. The van der Waals surface area contributed by atoms with Gasteiger partial charge in [-0.2, -0.15) is 0 Å². The normalized spacial score (nSPS) is 10.4. The van der Waals surface area contributed by atoms with Crippen LogP contribution in [0.3, 0.4) is 0 Å². The summed E-state index contributed by atoms with van der Waals surface area (Å²) in [5.41, 5.74) is 0. The lowest BCUT2D eigenvalue weighted by atomic mass is 10.2. The van der Waals surface area contributed by atoms with Crippen molar-refractivity contribution in [2.75, 3.05) is 26.4 Å². The Kier molecular flexibility index (Phi) is 13.5. The molecule has 26 heavy (non-hydrogen) atoms. The van der Waals surface area contributed by atoms with Crippen molar-refractivity contribution >= 4 is 78.3 Å². The number of halogens is 6. The van der Waals surface area contributed by atoms with Crippen molar-refractivity contribution in [2.45, 2.75) is 19.3 Å². The lowest BCUT2D eigenvalue weighted by molar-refractivity contribution is 0.155. The molecular weight excluding hydrogens is 554 g/mol. The molecular formula is C17H18Br2Cl4O3. The Hall–Kier alpha value is 0.380. The predicted octanol–water partition coefficient (Wildman–Crippen LogP) is 7.89. The van der Waals surface area contributed by atoms with Crippen molar-refractivity contribution in [1.29, 1.82) is 0 Å². The van der Waals surface area contributed by atoms with Crippen molar-refractivity contribution in [3.05, 3.63) is 42.2 Å². The van der Waals surface area contributed by atoms with E-state index in [9.17, 15) is 0 Å². The maximum absolute atomic E-state index is 6.23. The summed E-state index contributed by atoms with van der Waals surface area (Å²) in [4.78, 5) is 0. The zero-order chi connectivity index (χ0) is 19.4. The highest BCUT2D eigenvalue weighted by Crippen LogP contribution is 2.37. The number of ether oxygens (including phenoxy) is 3. The van der Waals surface area contributed by atoms with Gasteiger partial charge in [-0.25, -0.2) is 0 Å². The molecule has 3 nitrogen and oxygen atoms in total. The van der Waals surface area contributed by atoms with Crippen LogP contribution in [0.25, 0.3) is 0 Å². The number of benzene rings is 1. The number of rotatable bonds is 12. The molecule has 0 saturated heterocycles. The topological polar surface area (TPSA) is 27.7 Å². The van der Waals surface area contributed by atoms with Crippen molar-refractivity contribution in [3.63, 3.8) is 0 Å². The van der Waals surface area contributed by atoms with Crippen molar-refractivity contribution in [1.82, 2.24) is 0 Å². The Bertz CT molecular complexity index is 593. The maximum Gasteiger partial charge on any atom is 0.156 e. The van der Waals surface area contributed by atoms with Crippen LogP contribution < -0.4 is 9.47 Å². The molecule has 0 unspecified atom stereocenters. The van der Waals surface area contributed by atoms with Crippen LogP contribution in [0.5, 0.6) is 11.5 Å². The molecule has 0 fully saturated rings. The Morgan fingerprint density at radius 1 is 0.885 bits per heavy atom. The third-order valence-electron chi connectivity index (χ3n) is 2.99. The maximum atomic E-state index is 6.23. The van der Waals surface area contributed by atoms with Crippen LogP contribution in [0.15, 0.2) is 32.2 Å². The molecule has 9 heteroatoms. The molecule has 0 radical (unpaired) electrons. The van der Waals surface area contributed by atoms with Crippen LogP contribution in [0.4, 0.5) is 0 Å². The summed E-state index contributed by atoms with van der Waals surface area (Å²) < 4.78 is 17.6. The van der Waals surface area contributed by atoms with Gasteiger partial charge in [-0.1, -0.05) is 46.4 Å². The molecule has 1 rings (SSSR count). The minimum absolute atomic E-state index is 0.219. The van der Waals surface area contributed by atoms with Gasteiger partial charge in [0.2, 0.25) is 0 Å². The molecule has 0 spiro atoms. The average Bonchev–Trinajstić information content (AvgIpc) is 2.54. The average molecular weight is 572 g/mol. The monoisotopic (exact) mass is 568 g/mol. The van der Waals surface area contributed by atoms with Crippen LogP contribution in [0.1, 0.15) is 19.3 Å². The number of unbranched alkanes of at least 4 members (excludes halogenated alkanes) is 2. The SMILES string of the molecule is ClC(Cl)=CCOCCCCCOc1c(Cl)cc(OCC=C(Br)Br)cc1Cl. The van der Waals surface area contributed by atoms with Gasteiger partial charge in [0, 0.05) is 18.7 Å². The third kappa shape index (κ3) is 11.3. The van der Waals surface area contributed by atoms with Gasteiger partial charge in [-0.05, 0) is 63.3 Å². The van der Waals surface area contributed by atoms with E-state index in [1.165, 1.54) is 0 Å². The minimum Gasteiger partial charge on any atom is -0.490 e. The van der Waals surface area contributed by atoms with E-state index in [4.69, 9.17) is 60.6 Å². The van der Waals surface area contributed by atoms with Crippen LogP contribution in [0, 0.1) is 0 Å². The first kappa shape index (κ1) is 24.4. The molecule has 0 aromatic heterocycles. The molecule has 1 aromatic rings. The molecule has 1 aromatic carbocycles. The zero-order valence-electron chi connectivity index (χ0n) is 13.8. The predicted molar refractivity (Wildman–Crippen MR) is 118 cm³/mol. The smallest absolute Gasteiger partial charge is 0.156 e. The van der Waals surface area contributed by atoms with Gasteiger partial charge in [-0.15, -0.1) is 0 Å². The highest BCUT2D eigenvalue weighted by molar-refractivity contribution is 9.28. The molecule has 0 heterocycles. The molecule has 0 aliphatic rings. The highest BCUT2D eigenvalue weighted by Gasteiger charge is 2.10. The molecule has 0 amide bonds. The summed E-state index contributed by atoms with van der Waals surface area (Å²) in [5.74, 6) is 1.05. The van der Waals surface area contributed by atoms with Crippen molar-refractivity contribution < 1.29 is 14.2 Å². The summed E-state index contributed by atoms with van der Waals surface area (Å²) in [5, 5.41) is 0.838. The summed E-state index contributed by atoms with van der Waals surface area (Å²) in [7, 11) is 0. The second kappa shape index (κ2) is 14.4. The van der Waals surface area contributed by atoms with Gasteiger partial charge in [0.05, 0.1) is 26.7 Å². The zero-order valence-corrected chi connectivity index (χ0v) is 19.9. The second-order valence-electron chi connectivity index (χ2n) is 5.00. The van der Waals surface area contributed by atoms with E-state index < -0.39 is 0 Å². The van der Waals surface area contributed by atoms with Gasteiger partial charge < -0.3 is 14.2 Å². The molecule has 0 aliphatic heterocycles. The van der Waals surface area contributed by atoms with Crippen LogP contribution in [-0.4, -0.2) is 26.4 Å². The lowest BCUT2D eigenvalue weighted by Crippen LogP contribution is -2.01. The first-order valence-electron chi connectivity index (χ1n) is 7.75. The Morgan fingerprint density at radius 2 is 1.54 bits per heavy atom. The van der Waals surface area contributed by atoms with E-state index in [-0.39, 0.29) is 4.49 Å². The highest BCUT2D eigenvalue weighted by atomic mass is 79.9. The molecule has 0 saturated carbocycles. The van der Waals surface area contributed by atoms with E-state index in [2.05, 4.69) is 31.9 Å². The van der Waals surface area contributed by atoms with Gasteiger partial charge in [-0.3, -0.25) is 0 Å². The molecule has 0 N–H and O–H groups in total. The fourth-order valence-corrected chi connectivity index (χ4v) is 2.79. The molecule has 0 atom stereocenters. The first-order chi connectivity index (χ1) is 12.4. The van der Waals surface area contributed by atoms with Gasteiger partial charge in [0.1, 0.15) is 16.8 Å². The fraction of sp³-hybridized carbons (Fsp3) is 0.412. The summed E-state index contributed by atoms with van der Waals surface area (Å²) in [6, 6.07) is 3.37. The summed E-state index contributed by atoms with van der Waals surface area (Å²) in [6.07, 6.45) is 6.17. The van der Waals surface area contributed by atoms with E-state index in [1.807, 2.05) is 6.08 Å². The van der Waals surface area contributed by atoms with Gasteiger partial charge in [0.15, 0.2) is 5.75 Å². The molecule has 0 aliphatic carbocycles. The standard InChI is InChI=1S/C17H18Br2Cl4O3/c18-15(19)4-9-25-12-10-13(20)17(14(21)11-12)26-7-3-1-2-6-24-8-5-16(22)23/h4-5,10-11H,1-3,6-9H2. The van der Waals surface area contributed by atoms with E-state index >= 15 is 0 Å². The second-order valence-corrected chi connectivity index (χ2v) is 9.59. The minimum atomic E-state index is 0.219. The van der Waals surface area contributed by atoms with Crippen LogP contribution >= 0.6 is 78.3 Å². The quantitative estimate of drug-likeness (QED) is 0.239. The largest absolute Gasteiger partial charge is 0.490 e. The molecule has 0 bridgehead atoms. The van der Waals surface area contributed by atoms with Crippen LogP contribution in [0.2, 0.25) is 10.0 Å². The van der Waals surface area contributed by atoms with E-state index in [1.54, 1.807) is 18.2 Å².